The van der Waals surface area contributed by atoms with Gasteiger partial charge < -0.3 is 0 Å². The quantitative estimate of drug-likeness (QED) is 0.709. The molecule has 0 amide bonds. The molecule has 0 atom stereocenters. The summed E-state index contributed by atoms with van der Waals surface area (Å²) in [5.74, 6) is 1.12. The Kier molecular flexibility index (Phi) is 4.79. The van der Waals surface area contributed by atoms with Crippen LogP contribution >= 0.6 is 0 Å². The lowest BCUT2D eigenvalue weighted by Gasteiger charge is -2.32. The van der Waals surface area contributed by atoms with Gasteiger partial charge in [-0.15, -0.1) is 0 Å². The van der Waals surface area contributed by atoms with Crippen LogP contribution in [0.4, 0.5) is 0 Å². The van der Waals surface area contributed by atoms with E-state index < -0.39 is 0 Å². The van der Waals surface area contributed by atoms with Crippen LogP contribution in [0, 0.1) is 5.92 Å². The third-order valence-electron chi connectivity index (χ3n) is 5.02. The topological polar surface area (TPSA) is 17.1 Å². The highest BCUT2D eigenvalue weighted by atomic mass is 16.1. The van der Waals surface area contributed by atoms with Crippen LogP contribution in [0.2, 0.25) is 0 Å². The van der Waals surface area contributed by atoms with E-state index in [1.165, 1.54) is 31.2 Å². The molecule has 2 rings (SSSR count). The molecule has 0 N–H and O–H groups in total. The predicted molar refractivity (Wildman–Crippen MR) is 80.3 cm³/mol. The molecule has 1 nitrogen and oxygen atoms in total. The summed E-state index contributed by atoms with van der Waals surface area (Å²) in [5.41, 5.74) is 0.965. The molecule has 0 bridgehead atoms. The average molecular weight is 258 g/mol. The molecular weight excluding hydrogens is 232 g/mol. The minimum Gasteiger partial charge on any atom is -0.299 e. The van der Waals surface area contributed by atoms with Gasteiger partial charge in [0.05, 0.1) is 5.41 Å². The fourth-order valence-corrected chi connectivity index (χ4v) is 3.64. The lowest BCUT2D eigenvalue weighted by Crippen LogP contribution is -2.35. The lowest BCUT2D eigenvalue weighted by atomic mass is 9.70. The summed E-state index contributed by atoms with van der Waals surface area (Å²) < 4.78 is 0. The lowest BCUT2D eigenvalue weighted by molar-refractivity contribution is -0.125. The summed E-state index contributed by atoms with van der Waals surface area (Å²) in [7, 11) is 0. The molecule has 1 aliphatic carbocycles. The first-order valence-corrected chi connectivity index (χ1v) is 7.81. The van der Waals surface area contributed by atoms with Crippen molar-refractivity contribution in [2.45, 2.75) is 64.2 Å². The Bertz CT molecular complexity index is 397. The van der Waals surface area contributed by atoms with E-state index in [4.69, 9.17) is 0 Å². The minimum absolute atomic E-state index is 0.246. The van der Waals surface area contributed by atoms with E-state index in [-0.39, 0.29) is 5.41 Å². The molecule has 0 heterocycles. The van der Waals surface area contributed by atoms with Gasteiger partial charge in [-0.2, -0.15) is 0 Å². The molecular formula is C18H26O. The normalized spacial score (nSPS) is 16.7. The Morgan fingerprint density at radius 1 is 1.11 bits per heavy atom. The van der Waals surface area contributed by atoms with Crippen molar-refractivity contribution in [3.8, 4) is 0 Å². The minimum atomic E-state index is -0.246. The van der Waals surface area contributed by atoms with Crippen LogP contribution in [0.3, 0.4) is 0 Å². The molecule has 1 aromatic carbocycles. The van der Waals surface area contributed by atoms with Crippen LogP contribution in [0.25, 0.3) is 0 Å². The molecule has 0 unspecified atom stereocenters. The smallest absolute Gasteiger partial charge is 0.143 e. The van der Waals surface area contributed by atoms with Gasteiger partial charge in [0.1, 0.15) is 5.78 Å². The second-order valence-corrected chi connectivity index (χ2v) is 5.93. The maximum absolute atomic E-state index is 12.9. The monoisotopic (exact) mass is 258 g/mol. The second-order valence-electron chi connectivity index (χ2n) is 5.93. The van der Waals surface area contributed by atoms with Crippen molar-refractivity contribution in [1.82, 2.24) is 0 Å². The molecule has 0 aliphatic heterocycles. The summed E-state index contributed by atoms with van der Waals surface area (Å²) in [6.07, 6.45) is 7.76. The van der Waals surface area contributed by atoms with Crippen LogP contribution in [0.15, 0.2) is 30.3 Å². The summed E-state index contributed by atoms with van der Waals surface area (Å²) >= 11 is 0. The van der Waals surface area contributed by atoms with Gasteiger partial charge in [-0.05, 0) is 24.3 Å². The Hall–Kier alpha value is -1.11. The van der Waals surface area contributed by atoms with Gasteiger partial charge in [0, 0.05) is 6.42 Å². The summed E-state index contributed by atoms with van der Waals surface area (Å²) in [5, 5.41) is 0. The van der Waals surface area contributed by atoms with Crippen LogP contribution in [0.1, 0.15) is 64.4 Å². The number of hydrogen-bond donors (Lipinski definition) is 0. The van der Waals surface area contributed by atoms with E-state index in [1.807, 2.05) is 6.07 Å². The second kappa shape index (κ2) is 6.36. The molecule has 0 spiro atoms. The number of hydrogen-bond acceptors (Lipinski definition) is 1. The van der Waals surface area contributed by atoms with Gasteiger partial charge in [0.25, 0.3) is 0 Å². The van der Waals surface area contributed by atoms with Crippen molar-refractivity contribution in [1.29, 1.82) is 0 Å². The highest BCUT2D eigenvalue weighted by molar-refractivity contribution is 5.90. The van der Waals surface area contributed by atoms with Crippen molar-refractivity contribution in [2.75, 3.05) is 0 Å². The first-order valence-electron chi connectivity index (χ1n) is 7.81. The first-order chi connectivity index (χ1) is 9.23. The third-order valence-corrected chi connectivity index (χ3v) is 5.02. The van der Waals surface area contributed by atoms with Crippen LogP contribution in [0.5, 0.6) is 0 Å². The highest BCUT2D eigenvalue weighted by Crippen LogP contribution is 2.37. The van der Waals surface area contributed by atoms with Gasteiger partial charge >= 0.3 is 0 Å². The maximum Gasteiger partial charge on any atom is 0.143 e. The molecule has 0 saturated heterocycles. The molecule has 0 aromatic heterocycles. The number of Topliss-reactive ketones (excluding diaryl/α,β-unsaturated/α-hetero) is 1. The van der Waals surface area contributed by atoms with Gasteiger partial charge in [0.2, 0.25) is 0 Å². The molecule has 1 heteroatoms. The van der Waals surface area contributed by atoms with E-state index in [2.05, 4.69) is 38.1 Å². The van der Waals surface area contributed by atoms with Crippen molar-refractivity contribution in [2.24, 2.45) is 5.92 Å². The summed E-state index contributed by atoms with van der Waals surface area (Å²) in [6.45, 7) is 4.31. The Balaban J connectivity index is 2.20. The van der Waals surface area contributed by atoms with E-state index in [0.717, 1.165) is 19.3 Å². The Morgan fingerprint density at radius 3 is 2.21 bits per heavy atom. The highest BCUT2D eigenvalue weighted by Gasteiger charge is 2.37. The average Bonchev–Trinajstić information content (AvgIpc) is 2.95. The number of carbonyl (C=O) groups is 1. The molecule has 19 heavy (non-hydrogen) atoms. The van der Waals surface area contributed by atoms with Crippen molar-refractivity contribution in [3.63, 3.8) is 0 Å². The Labute approximate surface area is 117 Å². The van der Waals surface area contributed by atoms with Crippen LogP contribution in [-0.4, -0.2) is 5.78 Å². The first kappa shape index (κ1) is 14.3. The SMILES string of the molecule is CCC(CC)(C(=O)CC1CCCC1)c1ccccc1. The summed E-state index contributed by atoms with van der Waals surface area (Å²) in [4.78, 5) is 12.9. The molecule has 104 valence electrons. The third kappa shape index (κ3) is 2.91. The van der Waals surface area contributed by atoms with Crippen LogP contribution in [-0.2, 0) is 10.2 Å². The zero-order chi connectivity index (χ0) is 13.7. The zero-order valence-corrected chi connectivity index (χ0v) is 12.3. The summed E-state index contributed by atoms with van der Waals surface area (Å²) in [6, 6.07) is 10.4. The van der Waals surface area contributed by atoms with Crippen molar-refractivity contribution >= 4 is 5.78 Å². The molecule has 1 aromatic rings. The van der Waals surface area contributed by atoms with E-state index in [0.29, 0.717) is 11.7 Å². The van der Waals surface area contributed by atoms with Gasteiger partial charge in [0.15, 0.2) is 0 Å². The van der Waals surface area contributed by atoms with Crippen LogP contribution < -0.4 is 0 Å². The maximum atomic E-state index is 12.9. The predicted octanol–water partition coefficient (Wildman–Crippen LogP) is 4.89. The Morgan fingerprint density at radius 2 is 1.68 bits per heavy atom. The van der Waals surface area contributed by atoms with Gasteiger partial charge in [-0.1, -0.05) is 69.9 Å². The van der Waals surface area contributed by atoms with E-state index in [9.17, 15) is 4.79 Å². The van der Waals surface area contributed by atoms with Crippen molar-refractivity contribution in [3.05, 3.63) is 35.9 Å². The van der Waals surface area contributed by atoms with E-state index >= 15 is 0 Å². The number of ketones is 1. The fourth-order valence-electron chi connectivity index (χ4n) is 3.64. The molecule has 1 aliphatic rings. The number of carbonyl (C=O) groups excluding carboxylic acids is 1. The molecule has 0 radical (unpaired) electrons. The largest absolute Gasteiger partial charge is 0.299 e. The zero-order valence-electron chi connectivity index (χ0n) is 12.3. The number of benzene rings is 1. The standard InChI is InChI=1S/C18H26O/c1-3-18(4-2,16-12-6-5-7-13-16)17(19)14-15-10-8-9-11-15/h5-7,12-13,15H,3-4,8-11,14H2,1-2H3. The van der Waals surface area contributed by atoms with Gasteiger partial charge in [-0.25, -0.2) is 0 Å². The molecule has 1 fully saturated rings. The molecule has 1 saturated carbocycles. The van der Waals surface area contributed by atoms with E-state index in [1.54, 1.807) is 0 Å². The van der Waals surface area contributed by atoms with Crippen molar-refractivity contribution < 1.29 is 4.79 Å². The van der Waals surface area contributed by atoms with Gasteiger partial charge in [-0.3, -0.25) is 4.79 Å². The fraction of sp³-hybridized carbons (Fsp3) is 0.611. The number of rotatable bonds is 6.